The SMILES string of the molecule is CCC1CCCN1c1ccc(CNCC(C)C)nn1. The van der Waals surface area contributed by atoms with Gasteiger partial charge in [0.15, 0.2) is 5.82 Å². The van der Waals surface area contributed by atoms with Gasteiger partial charge in [-0.05, 0) is 43.9 Å². The standard InChI is InChI=1S/C15H26N4/c1-4-14-6-5-9-19(14)15-8-7-13(17-18-15)11-16-10-12(2)3/h7-8,12,14,16H,4-6,9-11H2,1-3H3. The molecule has 0 aromatic carbocycles. The molecule has 1 N–H and O–H groups in total. The highest BCUT2D eigenvalue weighted by Crippen LogP contribution is 2.24. The number of hydrogen-bond acceptors (Lipinski definition) is 4. The number of aromatic nitrogens is 2. The summed E-state index contributed by atoms with van der Waals surface area (Å²) in [5, 5.41) is 12.1. The summed E-state index contributed by atoms with van der Waals surface area (Å²) in [6.45, 7) is 9.62. The van der Waals surface area contributed by atoms with Crippen LogP contribution in [0.25, 0.3) is 0 Å². The minimum absolute atomic E-state index is 0.652. The highest BCUT2D eigenvalue weighted by atomic mass is 15.3. The molecule has 0 spiro atoms. The monoisotopic (exact) mass is 262 g/mol. The van der Waals surface area contributed by atoms with Gasteiger partial charge in [-0.15, -0.1) is 5.10 Å². The molecule has 1 saturated heterocycles. The maximum Gasteiger partial charge on any atom is 0.151 e. The van der Waals surface area contributed by atoms with Crippen molar-refractivity contribution in [1.29, 1.82) is 0 Å². The number of rotatable bonds is 6. The second kappa shape index (κ2) is 6.85. The van der Waals surface area contributed by atoms with Crippen LogP contribution in [0.2, 0.25) is 0 Å². The smallest absolute Gasteiger partial charge is 0.151 e. The molecular weight excluding hydrogens is 236 g/mol. The molecule has 106 valence electrons. The minimum Gasteiger partial charge on any atom is -0.352 e. The van der Waals surface area contributed by atoms with E-state index in [2.05, 4.69) is 53.3 Å². The van der Waals surface area contributed by atoms with Gasteiger partial charge in [-0.2, -0.15) is 5.10 Å². The lowest BCUT2D eigenvalue weighted by Crippen LogP contribution is -2.29. The molecule has 1 aromatic rings. The van der Waals surface area contributed by atoms with Crippen molar-refractivity contribution < 1.29 is 0 Å². The number of hydrogen-bond donors (Lipinski definition) is 1. The first-order valence-corrected chi connectivity index (χ1v) is 7.50. The van der Waals surface area contributed by atoms with Crippen molar-refractivity contribution in [3.63, 3.8) is 0 Å². The molecule has 4 nitrogen and oxygen atoms in total. The van der Waals surface area contributed by atoms with E-state index in [1.54, 1.807) is 0 Å². The van der Waals surface area contributed by atoms with Gasteiger partial charge in [0.1, 0.15) is 0 Å². The van der Waals surface area contributed by atoms with Gasteiger partial charge >= 0.3 is 0 Å². The summed E-state index contributed by atoms with van der Waals surface area (Å²) in [5.41, 5.74) is 1.02. The van der Waals surface area contributed by atoms with E-state index < -0.39 is 0 Å². The number of nitrogens with one attached hydrogen (secondary N) is 1. The molecule has 4 heteroatoms. The average molecular weight is 262 g/mol. The molecule has 2 rings (SSSR count). The van der Waals surface area contributed by atoms with Crippen molar-refractivity contribution in [2.75, 3.05) is 18.0 Å². The molecule has 0 bridgehead atoms. The van der Waals surface area contributed by atoms with Crippen molar-refractivity contribution in [3.05, 3.63) is 17.8 Å². The molecule has 1 aromatic heterocycles. The van der Waals surface area contributed by atoms with Crippen LogP contribution < -0.4 is 10.2 Å². The lowest BCUT2D eigenvalue weighted by atomic mass is 10.2. The van der Waals surface area contributed by atoms with E-state index in [0.29, 0.717) is 12.0 Å². The molecule has 1 aliphatic rings. The van der Waals surface area contributed by atoms with Gasteiger partial charge < -0.3 is 10.2 Å². The van der Waals surface area contributed by atoms with E-state index >= 15 is 0 Å². The maximum absolute atomic E-state index is 4.39. The van der Waals surface area contributed by atoms with Crippen LogP contribution in [-0.2, 0) is 6.54 Å². The summed E-state index contributed by atoms with van der Waals surface area (Å²) in [6.07, 6.45) is 3.76. The number of nitrogens with zero attached hydrogens (tertiary/aromatic N) is 3. The molecule has 0 radical (unpaired) electrons. The molecule has 19 heavy (non-hydrogen) atoms. The Morgan fingerprint density at radius 1 is 1.37 bits per heavy atom. The molecule has 0 amide bonds. The highest BCUT2D eigenvalue weighted by Gasteiger charge is 2.24. The van der Waals surface area contributed by atoms with Gasteiger partial charge in [0, 0.05) is 19.1 Å². The molecule has 1 unspecified atom stereocenters. The van der Waals surface area contributed by atoms with E-state index in [9.17, 15) is 0 Å². The van der Waals surface area contributed by atoms with Crippen LogP contribution in [-0.4, -0.2) is 29.3 Å². The Bertz CT molecular complexity index is 374. The summed E-state index contributed by atoms with van der Waals surface area (Å²) in [5.74, 6) is 1.71. The van der Waals surface area contributed by atoms with Gasteiger partial charge in [-0.25, -0.2) is 0 Å². The predicted molar refractivity (Wildman–Crippen MR) is 79.2 cm³/mol. The quantitative estimate of drug-likeness (QED) is 0.855. The van der Waals surface area contributed by atoms with E-state index in [-0.39, 0.29) is 0 Å². The molecule has 1 aliphatic heterocycles. The fraction of sp³-hybridized carbons (Fsp3) is 0.733. The molecule has 1 fully saturated rings. The maximum atomic E-state index is 4.39. The summed E-state index contributed by atoms with van der Waals surface area (Å²) in [6, 6.07) is 4.87. The van der Waals surface area contributed by atoms with E-state index in [1.807, 2.05) is 0 Å². The lowest BCUT2D eigenvalue weighted by Gasteiger charge is -2.24. The zero-order valence-electron chi connectivity index (χ0n) is 12.4. The molecule has 0 saturated carbocycles. The second-order valence-corrected chi connectivity index (χ2v) is 5.81. The largest absolute Gasteiger partial charge is 0.352 e. The molecule has 2 heterocycles. The van der Waals surface area contributed by atoms with E-state index in [4.69, 9.17) is 0 Å². The van der Waals surface area contributed by atoms with Crippen molar-refractivity contribution >= 4 is 5.82 Å². The van der Waals surface area contributed by atoms with Crippen LogP contribution in [0.1, 0.15) is 45.7 Å². The minimum atomic E-state index is 0.652. The summed E-state index contributed by atoms with van der Waals surface area (Å²) in [4.78, 5) is 2.40. The fourth-order valence-electron chi connectivity index (χ4n) is 2.65. The van der Waals surface area contributed by atoms with Crippen LogP contribution in [0.3, 0.4) is 0 Å². The van der Waals surface area contributed by atoms with Crippen molar-refractivity contribution in [2.45, 2.75) is 52.6 Å². The third-order valence-corrected chi connectivity index (χ3v) is 3.71. The van der Waals surface area contributed by atoms with Crippen molar-refractivity contribution in [2.24, 2.45) is 5.92 Å². The second-order valence-electron chi connectivity index (χ2n) is 5.81. The lowest BCUT2D eigenvalue weighted by molar-refractivity contribution is 0.545. The summed E-state index contributed by atoms with van der Waals surface area (Å²) in [7, 11) is 0. The first kappa shape index (κ1) is 14.3. The van der Waals surface area contributed by atoms with Crippen molar-refractivity contribution in [3.8, 4) is 0 Å². The summed E-state index contributed by atoms with van der Waals surface area (Å²) < 4.78 is 0. The first-order chi connectivity index (χ1) is 9.20. The van der Waals surface area contributed by atoms with E-state index in [1.165, 1.54) is 19.3 Å². The van der Waals surface area contributed by atoms with Gasteiger partial charge in [0.2, 0.25) is 0 Å². The van der Waals surface area contributed by atoms with Gasteiger partial charge in [0.05, 0.1) is 5.69 Å². The average Bonchev–Trinajstić information content (AvgIpc) is 2.87. The van der Waals surface area contributed by atoms with E-state index in [0.717, 1.165) is 31.1 Å². The topological polar surface area (TPSA) is 41.0 Å². The third-order valence-electron chi connectivity index (χ3n) is 3.71. The van der Waals surface area contributed by atoms with Crippen LogP contribution in [0, 0.1) is 5.92 Å². The Labute approximate surface area is 116 Å². The molecule has 1 atom stereocenters. The van der Waals surface area contributed by atoms with Crippen LogP contribution >= 0.6 is 0 Å². The fourth-order valence-corrected chi connectivity index (χ4v) is 2.65. The Balaban J connectivity index is 1.91. The van der Waals surface area contributed by atoms with Gasteiger partial charge in [-0.1, -0.05) is 20.8 Å². The third kappa shape index (κ3) is 3.90. The Morgan fingerprint density at radius 3 is 2.84 bits per heavy atom. The van der Waals surface area contributed by atoms with Crippen molar-refractivity contribution in [1.82, 2.24) is 15.5 Å². The highest BCUT2D eigenvalue weighted by molar-refractivity contribution is 5.40. The van der Waals surface area contributed by atoms with Crippen LogP contribution in [0.5, 0.6) is 0 Å². The van der Waals surface area contributed by atoms with Gasteiger partial charge in [-0.3, -0.25) is 0 Å². The first-order valence-electron chi connectivity index (χ1n) is 7.50. The Morgan fingerprint density at radius 2 is 2.21 bits per heavy atom. The Hall–Kier alpha value is -1.16. The predicted octanol–water partition coefficient (Wildman–Crippen LogP) is 2.60. The van der Waals surface area contributed by atoms with Crippen LogP contribution in [0.4, 0.5) is 5.82 Å². The zero-order valence-corrected chi connectivity index (χ0v) is 12.4. The Kier molecular flexibility index (Phi) is 5.14. The number of anilines is 1. The van der Waals surface area contributed by atoms with Gasteiger partial charge in [0.25, 0.3) is 0 Å². The zero-order chi connectivity index (χ0) is 13.7. The molecule has 0 aliphatic carbocycles. The summed E-state index contributed by atoms with van der Waals surface area (Å²) >= 11 is 0. The molecular formula is C15H26N4. The normalized spacial score (nSPS) is 19.4. The van der Waals surface area contributed by atoms with Crippen LogP contribution in [0.15, 0.2) is 12.1 Å².